The molecular weight excluding hydrogens is 290 g/mol. The van der Waals surface area contributed by atoms with Crippen molar-refractivity contribution in [3.05, 3.63) is 29.2 Å². The summed E-state index contributed by atoms with van der Waals surface area (Å²) in [5.41, 5.74) is 1.33. The minimum Gasteiger partial charge on any atom is -0.462 e. The van der Waals surface area contributed by atoms with Crippen molar-refractivity contribution >= 4 is 40.7 Å². The van der Waals surface area contributed by atoms with Crippen LogP contribution in [0, 0.1) is 5.82 Å². The summed E-state index contributed by atoms with van der Waals surface area (Å²) in [5.74, 6) is -0.397. The first-order chi connectivity index (χ1) is 8.66. The first-order valence-corrected chi connectivity index (χ1v) is 6.38. The second kappa shape index (κ2) is 5.57. The Kier molecular flexibility index (Phi) is 4.23. The molecule has 0 bridgehead atoms. The van der Waals surface area contributed by atoms with Crippen molar-refractivity contribution in [2.75, 3.05) is 24.5 Å². The van der Waals surface area contributed by atoms with Gasteiger partial charge in [-0.1, -0.05) is 11.6 Å². The van der Waals surface area contributed by atoms with Crippen LogP contribution in [0.15, 0.2) is 22.8 Å². The van der Waals surface area contributed by atoms with Crippen molar-refractivity contribution in [3.8, 4) is 0 Å². The molecule has 3 nitrogen and oxygen atoms in total. The van der Waals surface area contributed by atoms with Gasteiger partial charge in [-0.05, 0) is 19.1 Å². The number of anilines is 1. The molecule has 1 aliphatic heterocycles. The molecule has 3 rings (SSSR count). The Labute approximate surface area is 122 Å². The normalized spacial score (nSPS) is 19.5. The van der Waals surface area contributed by atoms with E-state index < -0.39 is 5.82 Å². The first-order valence-electron chi connectivity index (χ1n) is 6.00. The highest BCUT2D eigenvalue weighted by atomic mass is 35.5. The van der Waals surface area contributed by atoms with E-state index in [9.17, 15) is 4.39 Å². The summed E-state index contributed by atoms with van der Waals surface area (Å²) in [4.78, 5) is 2.08. The molecule has 2 aromatic rings. The SMILES string of the molecule is C[C@@H]1CN(c2c(Cl)c(F)cc3ccoc23)CCN1.Cl. The van der Waals surface area contributed by atoms with Gasteiger partial charge in [0.15, 0.2) is 5.58 Å². The largest absolute Gasteiger partial charge is 0.462 e. The average molecular weight is 305 g/mol. The maximum Gasteiger partial charge on any atom is 0.158 e. The van der Waals surface area contributed by atoms with Gasteiger partial charge in [0.25, 0.3) is 0 Å². The molecule has 6 heteroatoms. The summed E-state index contributed by atoms with van der Waals surface area (Å²) in [6, 6.07) is 3.52. The lowest BCUT2D eigenvalue weighted by atomic mass is 10.1. The first kappa shape index (κ1) is 14.4. The smallest absolute Gasteiger partial charge is 0.158 e. The third kappa shape index (κ3) is 2.53. The van der Waals surface area contributed by atoms with Crippen LogP contribution in [0.4, 0.5) is 10.1 Å². The lowest BCUT2D eigenvalue weighted by Gasteiger charge is -2.34. The number of hydrogen-bond donors (Lipinski definition) is 1. The Balaban J connectivity index is 0.00000133. The molecule has 0 aliphatic carbocycles. The topological polar surface area (TPSA) is 28.4 Å². The number of furan rings is 1. The van der Waals surface area contributed by atoms with E-state index in [-0.39, 0.29) is 17.4 Å². The van der Waals surface area contributed by atoms with Gasteiger partial charge in [-0.25, -0.2) is 4.39 Å². The maximum atomic E-state index is 13.8. The third-order valence-corrected chi connectivity index (χ3v) is 3.66. The number of nitrogens with one attached hydrogen (secondary N) is 1. The van der Waals surface area contributed by atoms with Crippen LogP contribution in [-0.4, -0.2) is 25.7 Å². The van der Waals surface area contributed by atoms with Crippen molar-refractivity contribution in [2.24, 2.45) is 0 Å². The highest BCUT2D eigenvalue weighted by Gasteiger charge is 2.23. The predicted molar refractivity (Wildman–Crippen MR) is 78.1 cm³/mol. The van der Waals surface area contributed by atoms with Gasteiger partial charge in [-0.2, -0.15) is 0 Å². The Morgan fingerprint density at radius 1 is 1.53 bits per heavy atom. The molecule has 1 aromatic carbocycles. The molecule has 1 aliphatic rings. The number of hydrogen-bond acceptors (Lipinski definition) is 3. The summed E-state index contributed by atoms with van der Waals surface area (Å²) in [5, 5.41) is 4.24. The van der Waals surface area contributed by atoms with Gasteiger partial charge in [0, 0.05) is 31.1 Å². The quantitative estimate of drug-likeness (QED) is 0.875. The zero-order valence-corrected chi connectivity index (χ0v) is 12.0. The van der Waals surface area contributed by atoms with Crippen LogP contribution in [0.3, 0.4) is 0 Å². The van der Waals surface area contributed by atoms with Crippen molar-refractivity contribution in [1.82, 2.24) is 5.32 Å². The standard InChI is InChI=1S/C13H14ClFN2O.ClH/c1-8-7-17(4-3-16-8)12-11(14)10(15)6-9-2-5-18-13(9)12;/h2,5-6,8,16H,3-4,7H2,1H3;1H/t8-;/m1./s1. The van der Waals surface area contributed by atoms with Crippen LogP contribution in [0.2, 0.25) is 5.02 Å². The molecule has 0 unspecified atom stereocenters. The highest BCUT2D eigenvalue weighted by Crippen LogP contribution is 2.37. The number of rotatable bonds is 1. The van der Waals surface area contributed by atoms with Crippen molar-refractivity contribution in [1.29, 1.82) is 0 Å². The number of piperazine rings is 1. The second-order valence-electron chi connectivity index (χ2n) is 4.66. The molecule has 19 heavy (non-hydrogen) atoms. The van der Waals surface area contributed by atoms with Crippen LogP contribution in [0.25, 0.3) is 11.0 Å². The predicted octanol–water partition coefficient (Wildman–Crippen LogP) is 3.45. The van der Waals surface area contributed by atoms with E-state index in [4.69, 9.17) is 16.0 Å². The van der Waals surface area contributed by atoms with Gasteiger partial charge in [0.05, 0.1) is 6.26 Å². The third-order valence-electron chi connectivity index (χ3n) is 3.30. The summed E-state index contributed by atoms with van der Waals surface area (Å²) in [6.07, 6.45) is 1.57. The Hall–Kier alpha value is -0.970. The molecule has 2 heterocycles. The zero-order chi connectivity index (χ0) is 12.7. The lowest BCUT2D eigenvalue weighted by molar-refractivity contribution is 0.483. The van der Waals surface area contributed by atoms with Gasteiger partial charge in [0.1, 0.15) is 16.5 Å². The lowest BCUT2D eigenvalue weighted by Crippen LogP contribution is -2.49. The van der Waals surface area contributed by atoms with Crippen molar-refractivity contribution < 1.29 is 8.81 Å². The van der Waals surface area contributed by atoms with Gasteiger partial charge in [0.2, 0.25) is 0 Å². The average Bonchev–Trinajstić information content (AvgIpc) is 2.78. The summed E-state index contributed by atoms with van der Waals surface area (Å²) >= 11 is 6.11. The minimum atomic E-state index is -0.397. The van der Waals surface area contributed by atoms with Gasteiger partial charge in [-0.15, -0.1) is 12.4 Å². The van der Waals surface area contributed by atoms with E-state index in [2.05, 4.69) is 17.1 Å². The van der Waals surface area contributed by atoms with Gasteiger partial charge >= 0.3 is 0 Å². The van der Waals surface area contributed by atoms with Crippen molar-refractivity contribution in [3.63, 3.8) is 0 Å². The van der Waals surface area contributed by atoms with E-state index in [0.717, 1.165) is 25.0 Å². The summed E-state index contributed by atoms with van der Waals surface area (Å²) in [7, 11) is 0. The van der Waals surface area contributed by atoms with Gasteiger partial charge in [-0.3, -0.25) is 0 Å². The van der Waals surface area contributed by atoms with Crippen LogP contribution in [0.5, 0.6) is 0 Å². The second-order valence-corrected chi connectivity index (χ2v) is 5.04. The van der Waals surface area contributed by atoms with Crippen molar-refractivity contribution in [2.45, 2.75) is 13.0 Å². The zero-order valence-electron chi connectivity index (χ0n) is 10.5. The fraction of sp³-hybridized carbons (Fsp3) is 0.385. The highest BCUT2D eigenvalue weighted by molar-refractivity contribution is 6.35. The van der Waals surface area contributed by atoms with E-state index in [1.54, 1.807) is 12.3 Å². The Bertz CT molecular complexity index is 587. The monoisotopic (exact) mass is 304 g/mol. The molecule has 1 saturated heterocycles. The molecule has 0 radical (unpaired) electrons. The van der Waals surface area contributed by atoms with E-state index in [0.29, 0.717) is 17.3 Å². The molecule has 1 atom stereocenters. The molecule has 104 valence electrons. The fourth-order valence-electron chi connectivity index (χ4n) is 2.46. The molecule has 0 saturated carbocycles. The molecule has 1 aromatic heterocycles. The number of nitrogens with zero attached hydrogens (tertiary/aromatic N) is 1. The van der Waals surface area contributed by atoms with Gasteiger partial charge < -0.3 is 14.6 Å². The number of fused-ring (bicyclic) bond motifs is 1. The molecule has 0 amide bonds. The Morgan fingerprint density at radius 2 is 2.32 bits per heavy atom. The van der Waals surface area contributed by atoms with E-state index in [1.807, 2.05) is 0 Å². The molecule has 1 N–H and O–H groups in total. The summed E-state index contributed by atoms with van der Waals surface area (Å²) < 4.78 is 19.3. The number of benzene rings is 1. The van der Waals surface area contributed by atoms with Crippen LogP contribution >= 0.6 is 24.0 Å². The molecule has 0 spiro atoms. The van der Waals surface area contributed by atoms with Crippen LogP contribution in [0.1, 0.15) is 6.92 Å². The van der Waals surface area contributed by atoms with E-state index >= 15 is 0 Å². The van der Waals surface area contributed by atoms with Crippen LogP contribution < -0.4 is 10.2 Å². The summed E-state index contributed by atoms with van der Waals surface area (Å²) in [6.45, 7) is 4.54. The Morgan fingerprint density at radius 3 is 3.05 bits per heavy atom. The molecular formula is C13H15Cl2FN2O. The molecule has 1 fully saturated rings. The maximum absolute atomic E-state index is 13.8. The van der Waals surface area contributed by atoms with E-state index in [1.165, 1.54) is 6.07 Å². The van der Waals surface area contributed by atoms with Crippen LogP contribution in [-0.2, 0) is 0 Å². The fourth-order valence-corrected chi connectivity index (χ4v) is 2.72. The minimum absolute atomic E-state index is 0. The number of halogens is 3.